The quantitative estimate of drug-likeness (QED) is 0.474. The number of halogens is 3. The molecule has 2 aromatic heterocycles. The Kier molecular flexibility index (Phi) is 6.31. The number of pyridine rings is 2. The van der Waals surface area contributed by atoms with Crippen LogP contribution in [-0.2, 0) is 6.18 Å². The van der Waals surface area contributed by atoms with E-state index in [4.69, 9.17) is 11.5 Å². The molecule has 3 aromatic rings. The fourth-order valence-corrected chi connectivity index (χ4v) is 2.99. The third-order valence-electron chi connectivity index (χ3n) is 4.58. The summed E-state index contributed by atoms with van der Waals surface area (Å²) in [5.74, 6) is -1.07. The van der Waals surface area contributed by atoms with E-state index in [1.165, 1.54) is 24.4 Å². The number of carbonyl (C=O) groups excluding carboxylic acids is 1. The SMILES string of the molecule is NCC(CNc1ccc(C(F)(F)F)c(C(=O)c2cccnc2N)n1)c1ccccc1.[HH].[HH].[HH].[HH].[HH]. The highest BCUT2D eigenvalue weighted by Crippen LogP contribution is 2.33. The summed E-state index contributed by atoms with van der Waals surface area (Å²) in [6, 6.07) is 14.2. The first kappa shape index (κ1) is 21.3. The predicted molar refractivity (Wildman–Crippen MR) is 119 cm³/mol. The van der Waals surface area contributed by atoms with Crippen molar-refractivity contribution in [3.8, 4) is 0 Å². The first-order valence-corrected chi connectivity index (χ1v) is 9.13. The van der Waals surface area contributed by atoms with Crippen LogP contribution in [0, 0.1) is 0 Å². The molecule has 0 fully saturated rings. The normalized spacial score (nSPS) is 12.4. The number of hydrogen-bond acceptors (Lipinski definition) is 6. The zero-order chi connectivity index (χ0) is 21.7. The number of nitrogens with one attached hydrogen (secondary N) is 1. The number of ketones is 1. The number of nitrogens with two attached hydrogens (primary N) is 2. The molecular weight excluding hydrogens is 395 g/mol. The predicted octanol–water partition coefficient (Wildman–Crippen LogP) is 4.69. The van der Waals surface area contributed by atoms with E-state index in [2.05, 4.69) is 15.3 Å². The van der Waals surface area contributed by atoms with E-state index >= 15 is 0 Å². The van der Waals surface area contributed by atoms with Crippen molar-refractivity contribution < 1.29 is 25.1 Å². The maximum atomic E-state index is 13.5. The van der Waals surface area contributed by atoms with Gasteiger partial charge in [0.25, 0.3) is 0 Å². The van der Waals surface area contributed by atoms with Crippen LogP contribution < -0.4 is 16.8 Å². The maximum absolute atomic E-state index is 13.5. The Morgan fingerprint density at radius 3 is 2.47 bits per heavy atom. The molecule has 0 bridgehead atoms. The number of nitrogens with zero attached hydrogens (tertiary/aromatic N) is 2. The average Bonchev–Trinajstić information content (AvgIpc) is 2.74. The summed E-state index contributed by atoms with van der Waals surface area (Å²) in [4.78, 5) is 20.5. The topological polar surface area (TPSA) is 107 Å². The van der Waals surface area contributed by atoms with Crippen molar-refractivity contribution in [2.24, 2.45) is 5.73 Å². The van der Waals surface area contributed by atoms with Crippen LogP contribution in [-0.4, -0.2) is 28.8 Å². The van der Waals surface area contributed by atoms with E-state index in [1.807, 2.05) is 30.3 Å². The fraction of sp³-hybridized carbons (Fsp3) is 0.190. The van der Waals surface area contributed by atoms with Crippen LogP contribution in [0.4, 0.5) is 24.8 Å². The Morgan fingerprint density at radius 2 is 1.83 bits per heavy atom. The standard InChI is InChI=1S/C21H20F3N5O.5H2/c22-21(23,24)16-8-9-17(28-12-14(11-25)13-5-2-1-3-6-13)29-18(16)19(30)15-7-4-10-27-20(15)26;;;;;/h1-10,14H,11-12,25H2,(H2,26,27)(H,28,29);5*1H. The first-order chi connectivity index (χ1) is 14.3. The molecule has 9 heteroatoms. The molecule has 0 saturated heterocycles. The number of anilines is 2. The monoisotopic (exact) mass is 425 g/mol. The fourth-order valence-electron chi connectivity index (χ4n) is 2.99. The number of rotatable bonds is 7. The summed E-state index contributed by atoms with van der Waals surface area (Å²) < 4.78 is 40.4. The second-order valence-corrected chi connectivity index (χ2v) is 6.58. The molecular formula is C21H30F3N5O. The van der Waals surface area contributed by atoms with Gasteiger partial charge in [0, 0.05) is 32.3 Å². The van der Waals surface area contributed by atoms with Gasteiger partial charge in [-0.15, -0.1) is 0 Å². The van der Waals surface area contributed by atoms with E-state index in [0.29, 0.717) is 13.1 Å². The van der Waals surface area contributed by atoms with E-state index in [9.17, 15) is 18.0 Å². The summed E-state index contributed by atoms with van der Waals surface area (Å²) in [6.45, 7) is 0.664. The molecule has 0 saturated carbocycles. The number of nitrogen functional groups attached to an aromatic ring is 1. The third kappa shape index (κ3) is 4.74. The summed E-state index contributed by atoms with van der Waals surface area (Å²) in [7, 11) is 0. The van der Waals surface area contributed by atoms with Crippen LogP contribution in [0.15, 0.2) is 60.8 Å². The maximum Gasteiger partial charge on any atom is 0.418 e. The molecule has 0 spiro atoms. The first-order valence-electron chi connectivity index (χ1n) is 9.13. The van der Waals surface area contributed by atoms with Crippen LogP contribution in [0.25, 0.3) is 0 Å². The molecule has 1 aromatic carbocycles. The smallest absolute Gasteiger partial charge is 0.383 e. The van der Waals surface area contributed by atoms with Gasteiger partial charge in [0.1, 0.15) is 17.3 Å². The van der Waals surface area contributed by atoms with Crippen molar-refractivity contribution in [3.05, 3.63) is 83.2 Å². The lowest BCUT2D eigenvalue weighted by Crippen LogP contribution is -2.22. The lowest BCUT2D eigenvalue weighted by atomic mass is 9.99. The molecule has 2 heterocycles. The average molecular weight is 425 g/mol. The van der Waals surface area contributed by atoms with E-state index in [1.54, 1.807) is 0 Å². The number of carbonyl (C=O) groups is 1. The van der Waals surface area contributed by atoms with Crippen molar-refractivity contribution in [3.63, 3.8) is 0 Å². The number of benzene rings is 1. The van der Waals surface area contributed by atoms with Gasteiger partial charge in [-0.3, -0.25) is 4.79 Å². The molecule has 166 valence electrons. The molecule has 1 unspecified atom stereocenters. The molecule has 1 atom stereocenters. The molecule has 0 aliphatic carbocycles. The Labute approximate surface area is 178 Å². The van der Waals surface area contributed by atoms with Crippen molar-refractivity contribution in [1.29, 1.82) is 0 Å². The van der Waals surface area contributed by atoms with Gasteiger partial charge in [0.05, 0.1) is 11.1 Å². The van der Waals surface area contributed by atoms with E-state index < -0.39 is 23.2 Å². The van der Waals surface area contributed by atoms with Gasteiger partial charge >= 0.3 is 6.18 Å². The summed E-state index contributed by atoms with van der Waals surface area (Å²) >= 11 is 0. The van der Waals surface area contributed by atoms with Crippen molar-refractivity contribution in [1.82, 2.24) is 9.97 Å². The molecule has 0 amide bonds. The summed E-state index contributed by atoms with van der Waals surface area (Å²) in [5, 5.41) is 2.98. The van der Waals surface area contributed by atoms with Crippen molar-refractivity contribution in [2.45, 2.75) is 12.1 Å². The number of hydrogen-bond donors (Lipinski definition) is 3. The zero-order valence-corrected chi connectivity index (χ0v) is 15.9. The molecule has 30 heavy (non-hydrogen) atoms. The minimum absolute atomic E-state index is 0. The van der Waals surface area contributed by atoms with Gasteiger partial charge in [0.2, 0.25) is 5.78 Å². The summed E-state index contributed by atoms with van der Waals surface area (Å²) in [5.41, 5.74) is 10.5. The largest absolute Gasteiger partial charge is 0.418 e. The molecule has 0 aliphatic heterocycles. The number of alkyl halides is 3. The van der Waals surface area contributed by atoms with Gasteiger partial charge in [-0.1, -0.05) is 30.3 Å². The second kappa shape index (κ2) is 8.91. The Hall–Kier alpha value is -3.46. The van der Waals surface area contributed by atoms with Crippen molar-refractivity contribution >= 4 is 17.4 Å². The minimum atomic E-state index is -4.75. The van der Waals surface area contributed by atoms with Crippen LogP contribution in [0.1, 0.15) is 40.2 Å². The zero-order valence-electron chi connectivity index (χ0n) is 15.9. The highest BCUT2D eigenvalue weighted by atomic mass is 19.4. The van der Waals surface area contributed by atoms with Gasteiger partial charge in [-0.25, -0.2) is 9.97 Å². The van der Waals surface area contributed by atoms with Crippen LogP contribution >= 0.6 is 0 Å². The van der Waals surface area contributed by atoms with Gasteiger partial charge < -0.3 is 16.8 Å². The Morgan fingerprint density at radius 1 is 1.10 bits per heavy atom. The molecule has 0 radical (unpaired) electrons. The highest BCUT2D eigenvalue weighted by molar-refractivity contribution is 6.11. The van der Waals surface area contributed by atoms with E-state index in [-0.39, 0.29) is 30.3 Å². The van der Waals surface area contributed by atoms with Gasteiger partial charge in [0.15, 0.2) is 0 Å². The van der Waals surface area contributed by atoms with E-state index in [0.717, 1.165) is 11.6 Å². The molecule has 0 aliphatic rings. The van der Waals surface area contributed by atoms with Gasteiger partial charge in [-0.05, 0) is 29.8 Å². The van der Waals surface area contributed by atoms with Crippen LogP contribution in [0.2, 0.25) is 0 Å². The van der Waals surface area contributed by atoms with Crippen molar-refractivity contribution in [2.75, 3.05) is 24.1 Å². The lowest BCUT2D eigenvalue weighted by molar-refractivity contribution is -0.138. The second-order valence-electron chi connectivity index (χ2n) is 6.58. The highest BCUT2D eigenvalue weighted by Gasteiger charge is 2.37. The molecule has 3 rings (SSSR count). The Balaban J connectivity index is -0.00000205. The summed E-state index contributed by atoms with van der Waals surface area (Å²) in [6.07, 6.45) is -3.41. The lowest BCUT2D eigenvalue weighted by Gasteiger charge is -2.18. The molecule has 6 nitrogen and oxygen atoms in total. The third-order valence-corrected chi connectivity index (χ3v) is 4.58. The van der Waals surface area contributed by atoms with Crippen LogP contribution in [0.3, 0.4) is 0 Å². The molecule has 5 N–H and O–H groups in total. The minimum Gasteiger partial charge on any atom is -0.383 e. The van der Waals surface area contributed by atoms with Crippen LogP contribution in [0.5, 0.6) is 0 Å². The Bertz CT molecular complexity index is 1050. The van der Waals surface area contributed by atoms with Gasteiger partial charge in [-0.2, -0.15) is 13.2 Å². The number of aromatic nitrogens is 2.